The summed E-state index contributed by atoms with van der Waals surface area (Å²) in [6, 6.07) is 17.8. The molecule has 3 rings (SSSR count). The molecule has 7 heteroatoms. The number of esters is 1. The molecular weight excluding hydrogens is 468 g/mol. The van der Waals surface area contributed by atoms with Crippen molar-refractivity contribution in [1.82, 2.24) is 10.4 Å². The van der Waals surface area contributed by atoms with Gasteiger partial charge in [0, 0.05) is 6.42 Å². The second-order valence-electron chi connectivity index (χ2n) is 10.3. The molecule has 0 aliphatic heterocycles. The van der Waals surface area contributed by atoms with Crippen LogP contribution >= 0.6 is 0 Å². The minimum Gasteiger partial charge on any atom is -0.461 e. The fourth-order valence-corrected chi connectivity index (χ4v) is 4.75. The summed E-state index contributed by atoms with van der Waals surface area (Å²) in [6.07, 6.45) is 5.20. The van der Waals surface area contributed by atoms with E-state index in [1.807, 2.05) is 74.5 Å². The number of hydroxylamine groups is 2. The fraction of sp³-hybridized carbons (Fsp3) is 0.500. The van der Waals surface area contributed by atoms with Crippen molar-refractivity contribution in [2.45, 2.75) is 84.1 Å². The van der Waals surface area contributed by atoms with Crippen LogP contribution in [0.15, 0.2) is 60.7 Å². The van der Waals surface area contributed by atoms with E-state index in [-0.39, 0.29) is 24.5 Å². The smallest absolute Gasteiger partial charge is 0.329 e. The van der Waals surface area contributed by atoms with Gasteiger partial charge in [0.25, 0.3) is 0 Å². The molecule has 0 heterocycles. The van der Waals surface area contributed by atoms with E-state index >= 15 is 0 Å². The molecule has 3 atom stereocenters. The maximum Gasteiger partial charge on any atom is 0.329 e. The van der Waals surface area contributed by atoms with Gasteiger partial charge >= 0.3 is 5.97 Å². The van der Waals surface area contributed by atoms with E-state index in [1.165, 1.54) is 5.06 Å². The Kier molecular flexibility index (Phi) is 11.1. The summed E-state index contributed by atoms with van der Waals surface area (Å²) in [5, 5.41) is 4.18. The minimum atomic E-state index is -0.813. The van der Waals surface area contributed by atoms with E-state index < -0.39 is 24.0 Å². The highest BCUT2D eigenvalue weighted by atomic mass is 16.7. The number of benzene rings is 2. The van der Waals surface area contributed by atoms with Gasteiger partial charge in [0.1, 0.15) is 18.8 Å². The van der Waals surface area contributed by atoms with Gasteiger partial charge in [-0.3, -0.25) is 14.4 Å². The molecule has 1 unspecified atom stereocenters. The lowest BCUT2D eigenvalue weighted by Crippen LogP contribution is -2.51. The van der Waals surface area contributed by atoms with Crippen LogP contribution in [0.3, 0.4) is 0 Å². The summed E-state index contributed by atoms with van der Waals surface area (Å²) in [5.41, 5.74) is 1.86. The molecule has 2 aromatic carbocycles. The van der Waals surface area contributed by atoms with Crippen LogP contribution in [0.1, 0.15) is 64.0 Å². The van der Waals surface area contributed by atoms with Crippen molar-refractivity contribution in [1.29, 1.82) is 0 Å². The Balaban J connectivity index is 1.73. The predicted octanol–water partition coefficient (Wildman–Crippen LogP) is 4.84. The summed E-state index contributed by atoms with van der Waals surface area (Å²) in [5.74, 6) is -1.08. The Morgan fingerprint density at radius 3 is 2.14 bits per heavy atom. The van der Waals surface area contributed by atoms with Gasteiger partial charge in [0.15, 0.2) is 0 Å². The Bertz CT molecular complexity index is 976. The predicted molar refractivity (Wildman–Crippen MR) is 142 cm³/mol. The third-order valence-corrected chi connectivity index (χ3v) is 6.84. The van der Waals surface area contributed by atoms with E-state index in [0.29, 0.717) is 19.3 Å². The lowest BCUT2D eigenvalue weighted by Gasteiger charge is -2.32. The summed E-state index contributed by atoms with van der Waals surface area (Å²) >= 11 is 0. The van der Waals surface area contributed by atoms with E-state index in [9.17, 15) is 14.4 Å². The van der Waals surface area contributed by atoms with Gasteiger partial charge < -0.3 is 10.1 Å². The number of nitrogens with one attached hydrogen (secondary N) is 1. The highest BCUT2D eigenvalue weighted by molar-refractivity contribution is 5.86. The second-order valence-corrected chi connectivity index (χ2v) is 10.3. The van der Waals surface area contributed by atoms with Gasteiger partial charge in [-0.15, -0.1) is 0 Å². The average Bonchev–Trinajstić information content (AvgIpc) is 3.41. The summed E-state index contributed by atoms with van der Waals surface area (Å²) in [4.78, 5) is 44.5. The summed E-state index contributed by atoms with van der Waals surface area (Å²) < 4.78 is 5.78. The molecule has 0 aromatic heterocycles. The third kappa shape index (κ3) is 9.01. The summed E-state index contributed by atoms with van der Waals surface area (Å²) in [7, 11) is 0. The maximum atomic E-state index is 13.6. The first kappa shape index (κ1) is 28.4. The number of carbonyl (C=O) groups excluding carboxylic acids is 3. The molecule has 200 valence electrons. The van der Waals surface area contributed by atoms with Gasteiger partial charge in [-0.25, -0.2) is 9.86 Å². The lowest BCUT2D eigenvalue weighted by molar-refractivity contribution is -0.198. The Morgan fingerprint density at radius 1 is 0.973 bits per heavy atom. The zero-order valence-electron chi connectivity index (χ0n) is 22.2. The summed E-state index contributed by atoms with van der Waals surface area (Å²) in [6.45, 7) is 6.07. The van der Waals surface area contributed by atoms with Crippen LogP contribution in [0.5, 0.6) is 0 Å². The SMILES string of the molecule is CC(C)C[C@@H](C(=O)N[C@@H](Cc1ccccc1)C(=O)OC1CCCC1)C(C)N(C=O)OCc1ccccc1. The number of hydrogen-bond acceptors (Lipinski definition) is 5. The van der Waals surface area contributed by atoms with Crippen LogP contribution < -0.4 is 5.32 Å². The second kappa shape index (κ2) is 14.5. The van der Waals surface area contributed by atoms with Crippen molar-refractivity contribution in [3.05, 3.63) is 71.8 Å². The molecule has 1 saturated carbocycles. The zero-order valence-corrected chi connectivity index (χ0v) is 22.2. The van der Waals surface area contributed by atoms with Crippen LogP contribution in [0.2, 0.25) is 0 Å². The topological polar surface area (TPSA) is 84.9 Å². The van der Waals surface area contributed by atoms with Crippen LogP contribution in [0.25, 0.3) is 0 Å². The van der Waals surface area contributed by atoms with Crippen molar-refractivity contribution in [3.8, 4) is 0 Å². The van der Waals surface area contributed by atoms with Crippen LogP contribution in [-0.4, -0.2) is 41.5 Å². The monoisotopic (exact) mass is 508 g/mol. The first-order valence-corrected chi connectivity index (χ1v) is 13.3. The lowest BCUT2D eigenvalue weighted by atomic mass is 9.89. The molecule has 0 saturated heterocycles. The molecule has 2 aromatic rings. The molecule has 1 aliphatic carbocycles. The van der Waals surface area contributed by atoms with Crippen molar-refractivity contribution in [2.75, 3.05) is 0 Å². The van der Waals surface area contributed by atoms with E-state index in [0.717, 1.165) is 36.8 Å². The zero-order chi connectivity index (χ0) is 26.6. The van der Waals surface area contributed by atoms with Crippen LogP contribution in [0, 0.1) is 11.8 Å². The van der Waals surface area contributed by atoms with Gasteiger partial charge in [-0.2, -0.15) is 0 Å². The number of hydrogen-bond donors (Lipinski definition) is 1. The van der Waals surface area contributed by atoms with Crippen LogP contribution in [0.4, 0.5) is 0 Å². The minimum absolute atomic E-state index is 0.0926. The first-order chi connectivity index (χ1) is 17.9. The number of amides is 2. The standard InChI is InChI=1S/C30H40N2O5/c1-22(2)18-27(23(3)32(21-33)36-20-25-14-8-5-9-15-25)29(34)31-28(19-24-12-6-4-7-13-24)30(35)37-26-16-10-11-17-26/h4-9,12-15,21-23,26-28H,10-11,16-20H2,1-3H3,(H,31,34)/t23?,27-,28+/m1/s1. The Morgan fingerprint density at radius 2 is 1.57 bits per heavy atom. The molecule has 0 radical (unpaired) electrons. The fourth-order valence-electron chi connectivity index (χ4n) is 4.75. The molecule has 1 aliphatic rings. The number of nitrogens with zero attached hydrogens (tertiary/aromatic N) is 1. The first-order valence-electron chi connectivity index (χ1n) is 13.3. The number of rotatable bonds is 14. The Labute approximate surface area is 220 Å². The molecule has 0 spiro atoms. The molecule has 2 amide bonds. The highest BCUT2D eigenvalue weighted by Crippen LogP contribution is 2.23. The van der Waals surface area contributed by atoms with Gasteiger partial charge in [0.05, 0.1) is 12.0 Å². The highest BCUT2D eigenvalue weighted by Gasteiger charge is 2.34. The van der Waals surface area contributed by atoms with Crippen molar-refractivity contribution >= 4 is 18.3 Å². The quantitative estimate of drug-likeness (QED) is 0.224. The van der Waals surface area contributed by atoms with Crippen molar-refractivity contribution in [3.63, 3.8) is 0 Å². The van der Waals surface area contributed by atoms with Crippen LogP contribution in [-0.2, 0) is 37.0 Å². The van der Waals surface area contributed by atoms with Crippen molar-refractivity contribution in [2.24, 2.45) is 11.8 Å². The maximum absolute atomic E-state index is 13.6. The van der Waals surface area contributed by atoms with Gasteiger partial charge in [-0.05, 0) is 56.1 Å². The van der Waals surface area contributed by atoms with Crippen molar-refractivity contribution < 1.29 is 24.0 Å². The van der Waals surface area contributed by atoms with E-state index in [4.69, 9.17) is 9.57 Å². The molecule has 7 nitrogen and oxygen atoms in total. The third-order valence-electron chi connectivity index (χ3n) is 6.84. The molecular formula is C30H40N2O5. The van der Waals surface area contributed by atoms with E-state index in [1.54, 1.807) is 6.92 Å². The molecule has 37 heavy (non-hydrogen) atoms. The number of ether oxygens (including phenoxy) is 1. The van der Waals surface area contributed by atoms with Gasteiger partial charge in [-0.1, -0.05) is 74.5 Å². The molecule has 0 bridgehead atoms. The Hall–Kier alpha value is -3.19. The van der Waals surface area contributed by atoms with Gasteiger partial charge in [0.2, 0.25) is 12.3 Å². The molecule has 1 N–H and O–H groups in total. The van der Waals surface area contributed by atoms with E-state index in [2.05, 4.69) is 5.32 Å². The normalized spacial score (nSPS) is 16.1. The average molecular weight is 509 g/mol. The molecule has 1 fully saturated rings. The number of carbonyl (C=O) groups is 3. The largest absolute Gasteiger partial charge is 0.461 e.